The lowest BCUT2D eigenvalue weighted by molar-refractivity contribution is -0.134. The SMILES string of the molecule is CC(C)c1ccccc1NC(=O)C(=O)N1CCCc2ccccc21. The van der Waals surface area contributed by atoms with Crippen molar-refractivity contribution in [3.63, 3.8) is 0 Å². The topological polar surface area (TPSA) is 49.4 Å². The molecule has 1 aliphatic rings. The predicted molar refractivity (Wildman–Crippen MR) is 96.3 cm³/mol. The number of aryl methyl sites for hydroxylation is 1. The van der Waals surface area contributed by atoms with Crippen molar-refractivity contribution in [1.82, 2.24) is 0 Å². The lowest BCUT2D eigenvalue weighted by Gasteiger charge is -2.29. The average molecular weight is 322 g/mol. The summed E-state index contributed by atoms with van der Waals surface area (Å²) in [5, 5.41) is 2.79. The van der Waals surface area contributed by atoms with E-state index in [1.165, 1.54) is 0 Å². The van der Waals surface area contributed by atoms with Gasteiger partial charge in [-0.15, -0.1) is 0 Å². The van der Waals surface area contributed by atoms with Crippen molar-refractivity contribution < 1.29 is 9.59 Å². The van der Waals surface area contributed by atoms with E-state index in [9.17, 15) is 9.59 Å². The summed E-state index contributed by atoms with van der Waals surface area (Å²) in [7, 11) is 0. The van der Waals surface area contributed by atoms with Crippen LogP contribution in [0.25, 0.3) is 0 Å². The first-order chi connectivity index (χ1) is 11.6. The van der Waals surface area contributed by atoms with Crippen LogP contribution in [0.15, 0.2) is 48.5 Å². The van der Waals surface area contributed by atoms with E-state index in [-0.39, 0.29) is 5.92 Å². The summed E-state index contributed by atoms with van der Waals surface area (Å²) in [6.07, 6.45) is 1.82. The van der Waals surface area contributed by atoms with E-state index < -0.39 is 11.8 Å². The van der Waals surface area contributed by atoms with Crippen molar-refractivity contribution in [3.05, 3.63) is 59.7 Å². The maximum atomic E-state index is 12.7. The van der Waals surface area contributed by atoms with Crippen LogP contribution in [0.3, 0.4) is 0 Å². The molecule has 2 aromatic rings. The number of fused-ring (bicyclic) bond motifs is 1. The number of nitrogens with zero attached hydrogens (tertiary/aromatic N) is 1. The van der Waals surface area contributed by atoms with Crippen molar-refractivity contribution in [3.8, 4) is 0 Å². The van der Waals surface area contributed by atoms with Gasteiger partial charge in [-0.1, -0.05) is 50.2 Å². The highest BCUT2D eigenvalue weighted by Gasteiger charge is 2.27. The molecule has 0 saturated heterocycles. The second-order valence-corrected chi connectivity index (χ2v) is 6.39. The van der Waals surface area contributed by atoms with Crippen molar-refractivity contribution in [2.45, 2.75) is 32.6 Å². The Morgan fingerprint density at radius 1 is 1.04 bits per heavy atom. The van der Waals surface area contributed by atoms with E-state index in [0.29, 0.717) is 12.2 Å². The Morgan fingerprint density at radius 3 is 2.54 bits per heavy atom. The lowest BCUT2D eigenvalue weighted by atomic mass is 10.0. The maximum Gasteiger partial charge on any atom is 0.316 e. The van der Waals surface area contributed by atoms with Crippen molar-refractivity contribution in [1.29, 1.82) is 0 Å². The van der Waals surface area contributed by atoms with Gasteiger partial charge in [-0.25, -0.2) is 0 Å². The molecule has 0 aliphatic carbocycles. The van der Waals surface area contributed by atoms with Crippen LogP contribution < -0.4 is 10.2 Å². The zero-order chi connectivity index (χ0) is 17.1. The molecule has 0 unspecified atom stereocenters. The quantitative estimate of drug-likeness (QED) is 0.857. The van der Waals surface area contributed by atoms with Gasteiger partial charge in [-0.2, -0.15) is 0 Å². The summed E-state index contributed by atoms with van der Waals surface area (Å²) in [4.78, 5) is 26.7. The fourth-order valence-electron chi connectivity index (χ4n) is 3.16. The van der Waals surface area contributed by atoms with Crippen LogP contribution >= 0.6 is 0 Å². The second kappa shape index (κ2) is 6.87. The van der Waals surface area contributed by atoms with Crippen LogP contribution in [-0.4, -0.2) is 18.4 Å². The van der Waals surface area contributed by atoms with E-state index in [1.54, 1.807) is 4.90 Å². The molecule has 1 N–H and O–H groups in total. The fraction of sp³-hybridized carbons (Fsp3) is 0.300. The van der Waals surface area contributed by atoms with Gasteiger partial charge >= 0.3 is 11.8 Å². The summed E-state index contributed by atoms with van der Waals surface area (Å²) in [5.41, 5.74) is 3.70. The van der Waals surface area contributed by atoms with Crippen molar-refractivity contribution in [2.24, 2.45) is 0 Å². The normalized spacial score (nSPS) is 13.5. The Bertz CT molecular complexity index is 768. The van der Waals surface area contributed by atoms with Gasteiger partial charge in [0.05, 0.1) is 0 Å². The highest BCUT2D eigenvalue weighted by Crippen LogP contribution is 2.27. The first kappa shape index (κ1) is 16.2. The minimum absolute atomic E-state index is 0.271. The number of anilines is 2. The molecule has 0 aromatic heterocycles. The van der Waals surface area contributed by atoms with Gasteiger partial charge in [-0.05, 0) is 42.0 Å². The molecule has 0 fully saturated rings. The van der Waals surface area contributed by atoms with Gasteiger partial charge in [0.15, 0.2) is 0 Å². The first-order valence-corrected chi connectivity index (χ1v) is 8.37. The molecule has 0 saturated carbocycles. The molecule has 2 amide bonds. The van der Waals surface area contributed by atoms with Crippen LogP contribution in [-0.2, 0) is 16.0 Å². The molecule has 0 bridgehead atoms. The molecule has 0 atom stereocenters. The molecule has 4 heteroatoms. The average Bonchev–Trinajstić information content (AvgIpc) is 2.61. The standard InChI is InChI=1S/C20H22N2O2/c1-14(2)16-10-4-5-11-17(16)21-19(23)20(24)22-13-7-9-15-8-3-6-12-18(15)22/h3-6,8,10-12,14H,7,9,13H2,1-2H3,(H,21,23). The molecule has 0 spiro atoms. The number of carbonyl (C=O) groups is 2. The molecule has 3 rings (SSSR count). The Kier molecular flexibility index (Phi) is 4.65. The molecule has 1 aliphatic heterocycles. The number of para-hydroxylation sites is 2. The molecular weight excluding hydrogens is 300 g/mol. The highest BCUT2D eigenvalue weighted by molar-refractivity contribution is 6.44. The van der Waals surface area contributed by atoms with Crippen molar-refractivity contribution >= 4 is 23.2 Å². The summed E-state index contributed by atoms with van der Waals surface area (Å²) in [6, 6.07) is 15.4. The van der Waals surface area contributed by atoms with Crippen LogP contribution in [0.1, 0.15) is 37.3 Å². The summed E-state index contributed by atoms with van der Waals surface area (Å²) in [5.74, 6) is -0.812. The third-order valence-electron chi connectivity index (χ3n) is 4.38. The second-order valence-electron chi connectivity index (χ2n) is 6.39. The minimum Gasteiger partial charge on any atom is -0.318 e. The molecule has 24 heavy (non-hydrogen) atoms. The monoisotopic (exact) mass is 322 g/mol. The number of hydrogen-bond donors (Lipinski definition) is 1. The third-order valence-corrected chi connectivity index (χ3v) is 4.38. The number of carbonyl (C=O) groups excluding carboxylic acids is 2. The lowest BCUT2D eigenvalue weighted by Crippen LogP contribution is -2.42. The number of nitrogens with one attached hydrogen (secondary N) is 1. The van der Waals surface area contributed by atoms with Crippen LogP contribution in [0, 0.1) is 0 Å². The Labute approximate surface area is 142 Å². The largest absolute Gasteiger partial charge is 0.318 e. The number of rotatable bonds is 2. The maximum absolute atomic E-state index is 12.7. The van der Waals surface area contributed by atoms with Gasteiger partial charge in [0.2, 0.25) is 0 Å². The first-order valence-electron chi connectivity index (χ1n) is 8.37. The zero-order valence-corrected chi connectivity index (χ0v) is 14.1. The van der Waals surface area contributed by atoms with E-state index in [0.717, 1.165) is 29.7 Å². The molecular formula is C20H22N2O2. The molecule has 2 aromatic carbocycles. The third kappa shape index (κ3) is 3.18. The van der Waals surface area contributed by atoms with Crippen LogP contribution in [0.2, 0.25) is 0 Å². The Balaban J connectivity index is 1.81. The Hall–Kier alpha value is -2.62. The van der Waals surface area contributed by atoms with E-state index in [2.05, 4.69) is 19.2 Å². The smallest absolute Gasteiger partial charge is 0.316 e. The van der Waals surface area contributed by atoms with E-state index in [4.69, 9.17) is 0 Å². The molecule has 124 valence electrons. The van der Waals surface area contributed by atoms with E-state index in [1.807, 2.05) is 48.5 Å². The minimum atomic E-state index is -0.584. The zero-order valence-electron chi connectivity index (χ0n) is 14.1. The summed E-state index contributed by atoms with van der Waals surface area (Å²) in [6.45, 7) is 4.70. The molecule has 1 heterocycles. The van der Waals surface area contributed by atoms with Gasteiger partial charge in [0, 0.05) is 17.9 Å². The summed E-state index contributed by atoms with van der Waals surface area (Å²) >= 11 is 0. The molecule has 0 radical (unpaired) electrons. The summed E-state index contributed by atoms with van der Waals surface area (Å²) < 4.78 is 0. The Morgan fingerprint density at radius 2 is 1.75 bits per heavy atom. The van der Waals surface area contributed by atoms with Gasteiger partial charge in [0.25, 0.3) is 0 Å². The number of amides is 2. The fourth-order valence-corrected chi connectivity index (χ4v) is 3.16. The highest BCUT2D eigenvalue weighted by atomic mass is 16.2. The molecule has 4 nitrogen and oxygen atoms in total. The number of hydrogen-bond acceptors (Lipinski definition) is 2. The van der Waals surface area contributed by atoms with Gasteiger partial charge in [0.1, 0.15) is 0 Å². The van der Waals surface area contributed by atoms with E-state index >= 15 is 0 Å². The van der Waals surface area contributed by atoms with Gasteiger partial charge in [-0.3, -0.25) is 9.59 Å². The van der Waals surface area contributed by atoms with Crippen molar-refractivity contribution in [2.75, 3.05) is 16.8 Å². The van der Waals surface area contributed by atoms with Crippen LogP contribution in [0.4, 0.5) is 11.4 Å². The number of benzene rings is 2. The predicted octanol–water partition coefficient (Wildman–Crippen LogP) is 3.73. The van der Waals surface area contributed by atoms with Gasteiger partial charge < -0.3 is 10.2 Å². The van der Waals surface area contributed by atoms with Crippen LogP contribution in [0.5, 0.6) is 0 Å².